The number of hydrogen-bond donors (Lipinski definition) is 0. The summed E-state index contributed by atoms with van der Waals surface area (Å²) in [5.41, 5.74) is 1.96. The fourth-order valence-corrected chi connectivity index (χ4v) is 19.5. The van der Waals surface area contributed by atoms with E-state index in [2.05, 4.69) is 24.3 Å². The SMILES string of the molecule is N#CC1CCC=C2C1OC1CCC=CC1C21C2CCCCC2C2CCC(C3C4CCCC(C5CCCCC5)C4CC4C(C5CCCCC5)CCCC43)CC21. The smallest absolute Gasteiger partial charge is 0.0953 e. The monoisotopic (exact) mass is 732 g/mol. The zero-order chi connectivity index (χ0) is 35.8. The largest absolute Gasteiger partial charge is 0.369 e. The molecule has 0 radical (unpaired) electrons. The summed E-state index contributed by atoms with van der Waals surface area (Å²) in [6.45, 7) is 0. The van der Waals surface area contributed by atoms with Gasteiger partial charge in [-0.25, -0.2) is 0 Å². The molecule has 16 unspecified atom stereocenters. The van der Waals surface area contributed by atoms with Crippen molar-refractivity contribution in [2.75, 3.05) is 0 Å². The molecule has 0 aromatic heterocycles. The predicted octanol–water partition coefficient (Wildman–Crippen LogP) is 13.7. The molecule has 2 nitrogen and oxygen atoms in total. The van der Waals surface area contributed by atoms with Crippen molar-refractivity contribution in [1.29, 1.82) is 5.26 Å². The van der Waals surface area contributed by atoms with Gasteiger partial charge in [-0.1, -0.05) is 108 Å². The highest BCUT2D eigenvalue weighted by molar-refractivity contribution is 5.37. The quantitative estimate of drug-likeness (QED) is 0.271. The minimum atomic E-state index is 0.0620. The lowest BCUT2D eigenvalue weighted by atomic mass is 9.44. The third-order valence-corrected chi connectivity index (χ3v) is 20.9. The van der Waals surface area contributed by atoms with Crippen LogP contribution in [0.15, 0.2) is 23.8 Å². The van der Waals surface area contributed by atoms with Gasteiger partial charge in [0.15, 0.2) is 0 Å². The van der Waals surface area contributed by atoms with Crippen LogP contribution in [0.3, 0.4) is 0 Å². The molecule has 54 heavy (non-hydrogen) atoms. The number of rotatable bonds is 3. The Morgan fingerprint density at radius 1 is 0.519 bits per heavy atom. The fourth-order valence-electron chi connectivity index (χ4n) is 19.5. The predicted molar refractivity (Wildman–Crippen MR) is 219 cm³/mol. The molecule has 2 heteroatoms. The first kappa shape index (κ1) is 36.0. The van der Waals surface area contributed by atoms with Crippen molar-refractivity contribution in [3.05, 3.63) is 23.8 Å². The minimum Gasteiger partial charge on any atom is -0.369 e. The van der Waals surface area contributed by atoms with Crippen LogP contribution in [0.25, 0.3) is 0 Å². The molecule has 0 amide bonds. The van der Waals surface area contributed by atoms with Gasteiger partial charge < -0.3 is 4.74 Å². The van der Waals surface area contributed by atoms with E-state index in [1.54, 1.807) is 82.6 Å². The van der Waals surface area contributed by atoms with Crippen molar-refractivity contribution in [3.63, 3.8) is 0 Å². The van der Waals surface area contributed by atoms with Gasteiger partial charge in [-0.3, -0.25) is 0 Å². The first-order valence-electron chi connectivity index (χ1n) is 25.2. The van der Waals surface area contributed by atoms with Crippen LogP contribution in [0, 0.1) is 111 Å². The van der Waals surface area contributed by atoms with Crippen LogP contribution < -0.4 is 0 Å². The normalized spacial score (nSPS) is 52.1. The summed E-state index contributed by atoms with van der Waals surface area (Å²) in [6.07, 6.45) is 49.9. The minimum absolute atomic E-state index is 0.0620. The molecule has 1 aliphatic heterocycles. The molecule has 1 spiro atoms. The van der Waals surface area contributed by atoms with E-state index in [-0.39, 0.29) is 17.4 Å². The lowest BCUT2D eigenvalue weighted by molar-refractivity contribution is -0.149. The molecule has 0 aromatic carbocycles. The first-order chi connectivity index (χ1) is 26.8. The van der Waals surface area contributed by atoms with Gasteiger partial charge in [-0.15, -0.1) is 0 Å². The van der Waals surface area contributed by atoms with Crippen LogP contribution in [0.2, 0.25) is 0 Å². The van der Waals surface area contributed by atoms with E-state index in [1.807, 2.05) is 0 Å². The second kappa shape index (κ2) is 14.9. The Labute approximate surface area is 330 Å². The highest BCUT2D eigenvalue weighted by atomic mass is 16.5. The Bertz CT molecular complexity index is 1400. The molecular formula is C52H77NO. The van der Waals surface area contributed by atoms with Gasteiger partial charge in [0, 0.05) is 11.3 Å². The standard InChI is InChI=1S/C52H77NO/c53-32-36-18-11-26-47-51(36)54-49-27-10-9-25-46(49)52(47)45-24-8-7-19-39(45)40-29-28-35(30-48(40)52)50-41-22-12-20-37(33-14-3-1-4-15-33)43(41)31-44-38(21-13-23-42(44)50)34-16-5-2-6-17-34/h9,25-26,33-46,48-51H,1-8,10-24,27-31H2. The summed E-state index contributed by atoms with van der Waals surface area (Å²) in [4.78, 5) is 0. The molecule has 8 saturated carbocycles. The highest BCUT2D eigenvalue weighted by Gasteiger charge is 2.70. The number of nitriles is 1. The van der Waals surface area contributed by atoms with E-state index < -0.39 is 0 Å². The van der Waals surface area contributed by atoms with E-state index in [1.165, 1.54) is 89.9 Å². The number of nitrogens with zero attached hydrogens (tertiary/aromatic N) is 1. The molecule has 0 N–H and O–H groups in total. The van der Waals surface area contributed by atoms with E-state index in [4.69, 9.17) is 4.74 Å². The topological polar surface area (TPSA) is 33.0 Å². The van der Waals surface area contributed by atoms with Gasteiger partial charge in [0.2, 0.25) is 0 Å². The number of hydrogen-bond acceptors (Lipinski definition) is 2. The van der Waals surface area contributed by atoms with Gasteiger partial charge in [0.25, 0.3) is 0 Å². The van der Waals surface area contributed by atoms with Gasteiger partial charge in [-0.05, 0) is 178 Å². The molecule has 10 aliphatic carbocycles. The molecule has 9 fully saturated rings. The summed E-state index contributed by atoms with van der Waals surface area (Å²) in [7, 11) is 0. The molecule has 16 atom stereocenters. The Hall–Kier alpha value is -1.07. The fraction of sp³-hybridized carbons (Fsp3) is 0.904. The molecule has 1 saturated heterocycles. The van der Waals surface area contributed by atoms with Gasteiger partial charge in [0.05, 0.1) is 24.2 Å². The third kappa shape index (κ3) is 5.65. The third-order valence-electron chi connectivity index (χ3n) is 20.9. The molecule has 1 heterocycles. The van der Waals surface area contributed by atoms with Crippen LogP contribution in [-0.4, -0.2) is 12.2 Å². The highest BCUT2D eigenvalue weighted by Crippen LogP contribution is 2.74. The number of ether oxygens (including phenoxy) is 1. The average molecular weight is 732 g/mol. The van der Waals surface area contributed by atoms with E-state index in [0.717, 1.165) is 95.7 Å². The second-order valence-electron chi connectivity index (χ2n) is 22.4. The summed E-state index contributed by atoms with van der Waals surface area (Å²) in [6, 6.07) is 2.85. The zero-order valence-corrected chi connectivity index (χ0v) is 34.3. The van der Waals surface area contributed by atoms with Gasteiger partial charge >= 0.3 is 0 Å². The molecule has 0 aromatic rings. The molecule has 11 rings (SSSR count). The Kier molecular flexibility index (Phi) is 9.98. The van der Waals surface area contributed by atoms with Crippen LogP contribution in [0.1, 0.15) is 180 Å². The van der Waals surface area contributed by atoms with Crippen molar-refractivity contribution in [2.24, 2.45) is 100 Å². The van der Waals surface area contributed by atoms with Gasteiger partial charge in [0.1, 0.15) is 0 Å². The summed E-state index contributed by atoms with van der Waals surface area (Å²) in [5, 5.41) is 10.6. The number of fused-ring (bicyclic) bond motifs is 11. The van der Waals surface area contributed by atoms with Crippen LogP contribution in [0.5, 0.6) is 0 Å². The molecule has 0 bridgehead atoms. The summed E-state index contributed by atoms with van der Waals surface area (Å²) < 4.78 is 7.23. The van der Waals surface area contributed by atoms with Gasteiger partial charge in [-0.2, -0.15) is 5.26 Å². The first-order valence-corrected chi connectivity index (χ1v) is 25.2. The molecule has 296 valence electrons. The van der Waals surface area contributed by atoms with Crippen molar-refractivity contribution >= 4 is 0 Å². The van der Waals surface area contributed by atoms with Crippen LogP contribution >= 0.6 is 0 Å². The second-order valence-corrected chi connectivity index (χ2v) is 22.4. The summed E-state index contributed by atoms with van der Waals surface area (Å²) >= 11 is 0. The maximum atomic E-state index is 10.6. The summed E-state index contributed by atoms with van der Waals surface area (Å²) in [5.74, 6) is 14.4. The van der Waals surface area contributed by atoms with Crippen LogP contribution in [0.4, 0.5) is 0 Å². The lowest BCUT2D eigenvalue weighted by Crippen LogP contribution is -2.59. The maximum absolute atomic E-state index is 10.6. The lowest BCUT2D eigenvalue weighted by Gasteiger charge is -2.62. The zero-order valence-electron chi connectivity index (χ0n) is 34.3. The average Bonchev–Trinajstić information content (AvgIpc) is 3.52. The van der Waals surface area contributed by atoms with Crippen molar-refractivity contribution in [1.82, 2.24) is 0 Å². The number of allylic oxidation sites excluding steroid dienone is 2. The Morgan fingerprint density at radius 3 is 1.85 bits per heavy atom. The van der Waals surface area contributed by atoms with Crippen LogP contribution in [-0.2, 0) is 4.74 Å². The van der Waals surface area contributed by atoms with E-state index in [0.29, 0.717) is 12.0 Å². The van der Waals surface area contributed by atoms with Crippen molar-refractivity contribution in [3.8, 4) is 6.07 Å². The Balaban J connectivity index is 0.994. The molecular weight excluding hydrogens is 655 g/mol. The maximum Gasteiger partial charge on any atom is 0.0953 e. The van der Waals surface area contributed by atoms with Crippen molar-refractivity contribution in [2.45, 2.75) is 192 Å². The molecule has 11 aliphatic rings. The van der Waals surface area contributed by atoms with Crippen molar-refractivity contribution < 1.29 is 4.74 Å². The Morgan fingerprint density at radius 2 is 1.15 bits per heavy atom. The van der Waals surface area contributed by atoms with E-state index in [9.17, 15) is 5.26 Å². The van der Waals surface area contributed by atoms with E-state index >= 15 is 0 Å².